The first-order chi connectivity index (χ1) is 6.15. The second-order valence-electron chi connectivity index (χ2n) is 2.33. The highest BCUT2D eigenvalue weighted by Crippen LogP contribution is 2.24. The average Bonchev–Trinajstić information content (AvgIpc) is 2.11. The lowest BCUT2D eigenvalue weighted by atomic mass is 10.3. The average molecular weight is 222 g/mol. The molecule has 1 N–H and O–H groups in total. The number of para-hydroxylation sites is 1. The van der Waals surface area contributed by atoms with Gasteiger partial charge in [-0.05, 0) is 12.1 Å². The Hall–Kier alpha value is -0.610. The summed E-state index contributed by atoms with van der Waals surface area (Å²) >= 11 is 5.69. The molecule has 1 aromatic carbocycles. The van der Waals surface area contributed by atoms with E-state index in [2.05, 4.69) is 4.72 Å². The van der Waals surface area contributed by atoms with E-state index in [0.717, 1.165) is 0 Å². The molecule has 0 radical (unpaired) electrons. The van der Waals surface area contributed by atoms with Crippen LogP contribution in [0.25, 0.3) is 0 Å². The van der Waals surface area contributed by atoms with Crippen molar-refractivity contribution >= 4 is 28.3 Å². The minimum atomic E-state index is -1.27. The predicted octanol–water partition coefficient (Wildman–Crippen LogP) is 2.57. The van der Waals surface area contributed by atoms with E-state index in [1.807, 2.05) is 0 Å². The molecule has 1 unspecified atom stereocenters. The van der Waals surface area contributed by atoms with Gasteiger partial charge in [-0.2, -0.15) is 0 Å². The Bertz CT molecular complexity index is 312. The number of rotatable bonds is 3. The highest BCUT2D eigenvalue weighted by Gasteiger charge is 2.07. The number of anilines is 1. The van der Waals surface area contributed by atoms with Crippen LogP contribution in [0.3, 0.4) is 0 Å². The van der Waals surface area contributed by atoms with E-state index in [0.29, 0.717) is 5.75 Å². The summed E-state index contributed by atoms with van der Waals surface area (Å²) in [5, 5.41) is 0.238. The van der Waals surface area contributed by atoms with Gasteiger partial charge in [0.25, 0.3) is 0 Å². The molecule has 13 heavy (non-hydrogen) atoms. The number of nitrogens with one attached hydrogen (secondary N) is 1. The minimum Gasteiger partial charge on any atom is -0.301 e. The molecular weight excluding hydrogens is 213 g/mol. The van der Waals surface area contributed by atoms with Crippen LogP contribution in [-0.4, -0.2) is 9.96 Å². The zero-order chi connectivity index (χ0) is 9.84. The van der Waals surface area contributed by atoms with Crippen molar-refractivity contribution in [1.82, 2.24) is 0 Å². The van der Waals surface area contributed by atoms with Gasteiger partial charge in [-0.25, -0.2) is 8.60 Å². The second kappa shape index (κ2) is 4.58. The normalized spacial score (nSPS) is 12.5. The maximum Gasteiger partial charge on any atom is 0.148 e. The molecule has 72 valence electrons. The van der Waals surface area contributed by atoms with Gasteiger partial charge in [0.1, 0.15) is 22.5 Å². The van der Waals surface area contributed by atoms with Gasteiger partial charge >= 0.3 is 0 Å². The van der Waals surface area contributed by atoms with Crippen molar-refractivity contribution < 1.29 is 8.60 Å². The fraction of sp³-hybridized carbons (Fsp3) is 0.250. The first kappa shape index (κ1) is 10.5. The van der Waals surface area contributed by atoms with E-state index in [1.165, 1.54) is 12.1 Å². The Morgan fingerprint density at radius 2 is 2.31 bits per heavy atom. The summed E-state index contributed by atoms with van der Waals surface area (Å²) in [6, 6.07) is 4.30. The van der Waals surface area contributed by atoms with Crippen LogP contribution in [0, 0.1) is 5.82 Å². The summed E-state index contributed by atoms with van der Waals surface area (Å²) in [4.78, 5) is 0. The van der Waals surface area contributed by atoms with Crippen LogP contribution in [0.5, 0.6) is 0 Å². The van der Waals surface area contributed by atoms with Gasteiger partial charge in [-0.3, -0.25) is 0 Å². The molecule has 1 atom stereocenters. The van der Waals surface area contributed by atoms with Gasteiger partial charge in [0.2, 0.25) is 0 Å². The smallest absolute Gasteiger partial charge is 0.148 e. The third kappa shape index (κ3) is 2.67. The van der Waals surface area contributed by atoms with Crippen LogP contribution < -0.4 is 4.72 Å². The lowest BCUT2D eigenvalue weighted by Crippen LogP contribution is -2.07. The summed E-state index contributed by atoms with van der Waals surface area (Å²) in [5.41, 5.74) is 0.101. The first-order valence-electron chi connectivity index (χ1n) is 3.74. The number of halogens is 2. The van der Waals surface area contributed by atoms with Gasteiger partial charge in [-0.1, -0.05) is 24.6 Å². The molecule has 5 heteroatoms. The summed E-state index contributed by atoms with van der Waals surface area (Å²) in [5.74, 6) is -0.0840. The van der Waals surface area contributed by atoms with Crippen LogP contribution in [0.1, 0.15) is 6.92 Å². The van der Waals surface area contributed by atoms with Crippen molar-refractivity contribution in [3.63, 3.8) is 0 Å². The molecule has 1 aromatic rings. The van der Waals surface area contributed by atoms with Crippen LogP contribution >= 0.6 is 11.6 Å². The van der Waals surface area contributed by atoms with E-state index in [4.69, 9.17) is 11.6 Å². The molecule has 0 aliphatic heterocycles. The zero-order valence-electron chi connectivity index (χ0n) is 7.01. The van der Waals surface area contributed by atoms with Crippen LogP contribution in [-0.2, 0) is 11.0 Å². The Morgan fingerprint density at radius 1 is 1.62 bits per heavy atom. The molecule has 0 saturated carbocycles. The zero-order valence-corrected chi connectivity index (χ0v) is 8.58. The molecule has 0 bridgehead atoms. The van der Waals surface area contributed by atoms with E-state index < -0.39 is 16.8 Å². The van der Waals surface area contributed by atoms with Crippen LogP contribution in [0.15, 0.2) is 18.2 Å². The molecule has 1 rings (SSSR count). The molecule has 0 fully saturated rings. The summed E-state index contributed by atoms with van der Waals surface area (Å²) in [6.07, 6.45) is 0. The topological polar surface area (TPSA) is 29.1 Å². The Labute approximate surface area is 83.7 Å². The molecule has 0 aromatic heterocycles. The van der Waals surface area contributed by atoms with Gasteiger partial charge in [-0.15, -0.1) is 0 Å². The van der Waals surface area contributed by atoms with Crippen molar-refractivity contribution in [3.8, 4) is 0 Å². The van der Waals surface area contributed by atoms with E-state index in [9.17, 15) is 8.60 Å². The maximum atomic E-state index is 13.1. The van der Waals surface area contributed by atoms with Gasteiger partial charge in [0.05, 0.1) is 5.02 Å². The van der Waals surface area contributed by atoms with Crippen LogP contribution in [0.2, 0.25) is 5.02 Å². The summed E-state index contributed by atoms with van der Waals surface area (Å²) in [7, 11) is -1.27. The predicted molar refractivity (Wildman–Crippen MR) is 53.7 cm³/mol. The van der Waals surface area contributed by atoms with Crippen molar-refractivity contribution in [2.24, 2.45) is 0 Å². The van der Waals surface area contributed by atoms with Crippen LogP contribution in [0.4, 0.5) is 10.1 Å². The van der Waals surface area contributed by atoms with Gasteiger partial charge < -0.3 is 4.72 Å². The molecule has 0 aliphatic carbocycles. The fourth-order valence-electron chi connectivity index (χ4n) is 0.781. The highest BCUT2D eigenvalue weighted by atomic mass is 35.5. The van der Waals surface area contributed by atoms with Gasteiger partial charge in [0.15, 0.2) is 0 Å². The minimum absolute atomic E-state index is 0.101. The van der Waals surface area contributed by atoms with E-state index >= 15 is 0 Å². The molecule has 0 aliphatic rings. The molecule has 0 heterocycles. The standard InChI is InChI=1S/C8H9ClFNOS/c1-2-13(12)11-8-6(9)4-3-5-7(8)10/h3-5,11H,2H2,1H3. The van der Waals surface area contributed by atoms with Gasteiger partial charge in [0, 0.05) is 5.75 Å². The largest absolute Gasteiger partial charge is 0.301 e. The lowest BCUT2D eigenvalue weighted by molar-refractivity contribution is 0.632. The molecule has 0 amide bonds. The quantitative estimate of drug-likeness (QED) is 0.835. The van der Waals surface area contributed by atoms with E-state index in [-0.39, 0.29) is 10.7 Å². The Kier molecular flexibility index (Phi) is 3.69. The lowest BCUT2D eigenvalue weighted by Gasteiger charge is -2.06. The Balaban J connectivity index is 2.93. The molecule has 0 spiro atoms. The molecular formula is C8H9ClFNOS. The number of hydrogen-bond acceptors (Lipinski definition) is 1. The van der Waals surface area contributed by atoms with Crippen molar-refractivity contribution in [2.75, 3.05) is 10.5 Å². The Morgan fingerprint density at radius 3 is 2.85 bits per heavy atom. The number of hydrogen-bond donors (Lipinski definition) is 1. The monoisotopic (exact) mass is 221 g/mol. The molecule has 0 saturated heterocycles. The molecule has 2 nitrogen and oxygen atoms in total. The first-order valence-corrected chi connectivity index (χ1v) is 5.44. The SMILES string of the molecule is CCS(=O)Nc1c(F)cccc1Cl. The third-order valence-corrected chi connectivity index (χ3v) is 2.71. The van der Waals surface area contributed by atoms with Crippen molar-refractivity contribution in [1.29, 1.82) is 0 Å². The second-order valence-corrected chi connectivity index (χ2v) is 4.21. The maximum absolute atomic E-state index is 13.1. The van der Waals surface area contributed by atoms with Crippen molar-refractivity contribution in [2.45, 2.75) is 6.92 Å². The number of benzene rings is 1. The summed E-state index contributed by atoms with van der Waals surface area (Å²) < 4.78 is 26.6. The highest BCUT2D eigenvalue weighted by molar-refractivity contribution is 7.86. The fourth-order valence-corrected chi connectivity index (χ4v) is 1.63. The van der Waals surface area contributed by atoms with E-state index in [1.54, 1.807) is 13.0 Å². The van der Waals surface area contributed by atoms with Crippen molar-refractivity contribution in [3.05, 3.63) is 29.0 Å². The summed E-state index contributed by atoms with van der Waals surface area (Å²) in [6.45, 7) is 1.73. The third-order valence-electron chi connectivity index (χ3n) is 1.44.